The molecule has 6 heteroatoms. The second-order valence-electron chi connectivity index (χ2n) is 4.32. The summed E-state index contributed by atoms with van der Waals surface area (Å²) in [5.74, 6) is 2.25. The van der Waals surface area contributed by atoms with E-state index in [4.69, 9.17) is 14.2 Å². The van der Waals surface area contributed by atoms with Crippen LogP contribution in [0.5, 0.6) is 17.2 Å². The molecule has 0 spiro atoms. The third-order valence-corrected chi connectivity index (χ3v) is 3.75. The first kappa shape index (κ1) is 13.2. The molecule has 2 heterocycles. The smallest absolute Gasteiger partial charge is 0.231 e. The minimum Gasteiger partial charge on any atom is -0.487 e. The van der Waals surface area contributed by atoms with Crippen LogP contribution in [0.15, 0.2) is 23.6 Å². The second kappa shape index (κ2) is 6.11. The Labute approximate surface area is 121 Å². The molecule has 0 aliphatic carbocycles. The van der Waals surface area contributed by atoms with E-state index in [-0.39, 0.29) is 6.79 Å². The van der Waals surface area contributed by atoms with Gasteiger partial charge in [0.05, 0.1) is 5.69 Å². The topological polar surface area (TPSA) is 52.6 Å². The van der Waals surface area contributed by atoms with Gasteiger partial charge in [-0.3, -0.25) is 0 Å². The van der Waals surface area contributed by atoms with Crippen LogP contribution in [-0.4, -0.2) is 18.3 Å². The maximum Gasteiger partial charge on any atom is 0.231 e. The minimum atomic E-state index is 0.276. The number of thiazole rings is 1. The van der Waals surface area contributed by atoms with E-state index in [1.807, 2.05) is 23.6 Å². The van der Waals surface area contributed by atoms with Gasteiger partial charge in [0.2, 0.25) is 6.79 Å². The maximum atomic E-state index is 5.72. The van der Waals surface area contributed by atoms with Gasteiger partial charge >= 0.3 is 0 Å². The highest BCUT2D eigenvalue weighted by atomic mass is 32.1. The van der Waals surface area contributed by atoms with Gasteiger partial charge in [-0.25, -0.2) is 4.98 Å². The highest BCUT2D eigenvalue weighted by Gasteiger charge is 2.13. The molecule has 0 bridgehead atoms. The Hall–Kier alpha value is -1.79. The van der Waals surface area contributed by atoms with Gasteiger partial charge in [-0.2, -0.15) is 0 Å². The van der Waals surface area contributed by atoms with Crippen molar-refractivity contribution in [3.63, 3.8) is 0 Å². The first-order chi connectivity index (χ1) is 9.85. The summed E-state index contributed by atoms with van der Waals surface area (Å²) in [6.45, 7) is 4.58. The predicted molar refractivity (Wildman–Crippen MR) is 76.4 cm³/mol. The highest BCUT2D eigenvalue weighted by Crippen LogP contribution is 2.35. The molecule has 0 saturated carbocycles. The van der Waals surface area contributed by atoms with E-state index in [0.717, 1.165) is 41.0 Å². The average molecular weight is 292 g/mol. The lowest BCUT2D eigenvalue weighted by Crippen LogP contribution is -2.11. The number of ether oxygens (including phenoxy) is 3. The molecule has 0 radical (unpaired) electrons. The van der Waals surface area contributed by atoms with Crippen molar-refractivity contribution in [2.24, 2.45) is 0 Å². The zero-order valence-electron chi connectivity index (χ0n) is 11.2. The molecular formula is C14H16N2O3S. The zero-order valence-corrected chi connectivity index (χ0v) is 12.0. The Balaban J connectivity index is 1.57. The van der Waals surface area contributed by atoms with E-state index in [1.54, 1.807) is 11.3 Å². The summed E-state index contributed by atoms with van der Waals surface area (Å²) in [4.78, 5) is 4.51. The Morgan fingerprint density at radius 1 is 1.35 bits per heavy atom. The lowest BCUT2D eigenvalue weighted by Gasteiger charge is -2.05. The van der Waals surface area contributed by atoms with Crippen molar-refractivity contribution < 1.29 is 14.2 Å². The summed E-state index contributed by atoms with van der Waals surface area (Å²) in [5.41, 5.74) is 0.945. The largest absolute Gasteiger partial charge is 0.487 e. The van der Waals surface area contributed by atoms with Gasteiger partial charge in [-0.1, -0.05) is 6.92 Å². The van der Waals surface area contributed by atoms with Gasteiger partial charge in [0.15, 0.2) is 11.5 Å². The number of benzene rings is 1. The molecule has 0 saturated heterocycles. The normalized spacial score (nSPS) is 12.7. The number of nitrogens with zero attached hydrogens (tertiary/aromatic N) is 1. The van der Waals surface area contributed by atoms with E-state index < -0.39 is 0 Å². The van der Waals surface area contributed by atoms with E-state index >= 15 is 0 Å². The number of aromatic nitrogens is 1. The molecule has 1 aliphatic heterocycles. The third-order valence-electron chi connectivity index (χ3n) is 2.86. The molecule has 0 atom stereocenters. The molecule has 0 fully saturated rings. The second-order valence-corrected chi connectivity index (χ2v) is 5.26. The van der Waals surface area contributed by atoms with Crippen LogP contribution in [0.4, 0.5) is 0 Å². The third kappa shape index (κ3) is 3.02. The van der Waals surface area contributed by atoms with Crippen molar-refractivity contribution in [1.29, 1.82) is 0 Å². The number of rotatable bonds is 6. The van der Waals surface area contributed by atoms with Crippen LogP contribution in [-0.2, 0) is 13.2 Å². The van der Waals surface area contributed by atoms with Crippen LogP contribution in [0.25, 0.3) is 0 Å². The molecule has 1 aliphatic rings. The number of hydrogen-bond acceptors (Lipinski definition) is 6. The highest BCUT2D eigenvalue weighted by molar-refractivity contribution is 7.09. The molecule has 2 aromatic rings. The van der Waals surface area contributed by atoms with Crippen LogP contribution in [0.1, 0.15) is 17.6 Å². The van der Waals surface area contributed by atoms with E-state index in [9.17, 15) is 0 Å². The van der Waals surface area contributed by atoms with Crippen molar-refractivity contribution in [3.05, 3.63) is 34.3 Å². The summed E-state index contributed by atoms with van der Waals surface area (Å²) in [5, 5.41) is 6.36. The molecule has 1 aromatic carbocycles. The van der Waals surface area contributed by atoms with Gasteiger partial charge < -0.3 is 19.5 Å². The van der Waals surface area contributed by atoms with E-state index in [2.05, 4.69) is 17.2 Å². The monoisotopic (exact) mass is 292 g/mol. The summed E-state index contributed by atoms with van der Waals surface area (Å²) < 4.78 is 16.3. The summed E-state index contributed by atoms with van der Waals surface area (Å²) >= 11 is 1.65. The predicted octanol–water partition coefficient (Wildman–Crippen LogP) is 2.56. The van der Waals surface area contributed by atoms with Crippen molar-refractivity contribution in [2.75, 3.05) is 13.3 Å². The minimum absolute atomic E-state index is 0.276. The standard InChI is InChI=1S/C14H16N2O3S/c1-2-15-6-14-16-10(8-20-14)7-17-11-3-4-12-13(5-11)19-9-18-12/h3-5,8,15H,2,6-7,9H2,1H3. The van der Waals surface area contributed by atoms with Crippen molar-refractivity contribution in [3.8, 4) is 17.2 Å². The van der Waals surface area contributed by atoms with Gasteiger partial charge in [-0.15, -0.1) is 11.3 Å². The van der Waals surface area contributed by atoms with Gasteiger partial charge in [-0.05, 0) is 18.7 Å². The Morgan fingerprint density at radius 2 is 2.25 bits per heavy atom. The Kier molecular flexibility index (Phi) is 4.03. The van der Waals surface area contributed by atoms with Crippen LogP contribution in [0, 0.1) is 0 Å². The lowest BCUT2D eigenvalue weighted by molar-refractivity contribution is 0.173. The lowest BCUT2D eigenvalue weighted by atomic mass is 10.3. The summed E-state index contributed by atoms with van der Waals surface area (Å²) in [7, 11) is 0. The average Bonchev–Trinajstić information content (AvgIpc) is 3.11. The number of nitrogens with one attached hydrogen (secondary N) is 1. The van der Waals surface area contributed by atoms with Gasteiger partial charge in [0, 0.05) is 18.0 Å². The molecule has 1 aromatic heterocycles. The molecule has 3 rings (SSSR count). The summed E-state index contributed by atoms with van der Waals surface area (Å²) in [6, 6.07) is 5.57. The number of fused-ring (bicyclic) bond motifs is 1. The van der Waals surface area contributed by atoms with Gasteiger partial charge in [0.1, 0.15) is 17.4 Å². The van der Waals surface area contributed by atoms with E-state index in [0.29, 0.717) is 6.61 Å². The molecule has 20 heavy (non-hydrogen) atoms. The van der Waals surface area contributed by atoms with Gasteiger partial charge in [0.25, 0.3) is 0 Å². The first-order valence-corrected chi connectivity index (χ1v) is 7.39. The molecule has 5 nitrogen and oxygen atoms in total. The molecule has 0 unspecified atom stereocenters. The Morgan fingerprint density at radius 3 is 3.15 bits per heavy atom. The molecular weight excluding hydrogens is 276 g/mol. The van der Waals surface area contributed by atoms with E-state index in [1.165, 1.54) is 0 Å². The Bertz CT molecular complexity index is 586. The fraction of sp³-hybridized carbons (Fsp3) is 0.357. The number of hydrogen-bond donors (Lipinski definition) is 1. The van der Waals surface area contributed by atoms with Crippen molar-refractivity contribution in [1.82, 2.24) is 10.3 Å². The van der Waals surface area contributed by atoms with Crippen LogP contribution in [0.3, 0.4) is 0 Å². The molecule has 106 valence electrons. The SMILES string of the molecule is CCNCc1nc(COc2ccc3c(c2)OCO3)cs1. The van der Waals surface area contributed by atoms with Crippen LogP contribution >= 0.6 is 11.3 Å². The molecule has 1 N–H and O–H groups in total. The van der Waals surface area contributed by atoms with Crippen LogP contribution < -0.4 is 19.5 Å². The maximum absolute atomic E-state index is 5.72. The zero-order chi connectivity index (χ0) is 13.8. The van der Waals surface area contributed by atoms with Crippen LogP contribution in [0.2, 0.25) is 0 Å². The fourth-order valence-corrected chi connectivity index (χ4v) is 2.60. The molecule has 0 amide bonds. The quantitative estimate of drug-likeness (QED) is 0.887. The summed E-state index contributed by atoms with van der Waals surface area (Å²) in [6.07, 6.45) is 0. The first-order valence-electron chi connectivity index (χ1n) is 6.51. The van der Waals surface area contributed by atoms with Crippen molar-refractivity contribution in [2.45, 2.75) is 20.1 Å². The fourth-order valence-electron chi connectivity index (χ4n) is 1.85. The van der Waals surface area contributed by atoms with Crippen molar-refractivity contribution >= 4 is 11.3 Å².